The summed E-state index contributed by atoms with van der Waals surface area (Å²) in [5.41, 5.74) is 0. The summed E-state index contributed by atoms with van der Waals surface area (Å²) in [5.74, 6) is 0.735. The van der Waals surface area contributed by atoms with Gasteiger partial charge in [0.1, 0.15) is 0 Å². The molecule has 0 aromatic rings. The zero-order chi connectivity index (χ0) is 12.0. The third-order valence-corrected chi connectivity index (χ3v) is 5.29. The first-order valence-corrected chi connectivity index (χ1v) is 8.36. The molecule has 0 spiro atoms. The molecular weight excluding hydrogens is 294 g/mol. The Bertz CT molecular complexity index is 294. The van der Waals surface area contributed by atoms with Crippen LogP contribution in [-0.2, 0) is 14.8 Å². The quantitative estimate of drug-likeness (QED) is 0.528. The largest absolute Gasteiger partial charge is 0.385 e. The van der Waals surface area contributed by atoms with Crippen molar-refractivity contribution >= 4 is 26.0 Å². The van der Waals surface area contributed by atoms with E-state index in [4.69, 9.17) is 4.74 Å². The van der Waals surface area contributed by atoms with Crippen LogP contribution in [0.4, 0.5) is 0 Å². The number of sulfonamides is 1. The normalized spacial score (nSPS) is 22.8. The average Bonchev–Trinajstić information content (AvgIpc) is 2.68. The fraction of sp³-hybridized carbons (Fsp3) is 1.00. The maximum absolute atomic E-state index is 11.9. The summed E-state index contributed by atoms with van der Waals surface area (Å²) < 4.78 is 30.3. The molecule has 0 amide bonds. The van der Waals surface area contributed by atoms with Gasteiger partial charge >= 0.3 is 0 Å². The van der Waals surface area contributed by atoms with E-state index in [-0.39, 0.29) is 5.75 Å². The number of alkyl halides is 1. The Morgan fingerprint density at radius 1 is 1.50 bits per heavy atom. The van der Waals surface area contributed by atoms with Crippen molar-refractivity contribution in [3.8, 4) is 0 Å². The van der Waals surface area contributed by atoms with Gasteiger partial charge in [-0.1, -0.05) is 15.9 Å². The zero-order valence-corrected chi connectivity index (χ0v) is 12.1. The summed E-state index contributed by atoms with van der Waals surface area (Å²) in [6.45, 7) is 1.89. The van der Waals surface area contributed by atoms with Crippen LogP contribution in [-0.4, -0.2) is 50.6 Å². The molecule has 1 rings (SSSR count). The number of rotatable bonds is 7. The van der Waals surface area contributed by atoms with Gasteiger partial charge in [-0.15, -0.1) is 0 Å². The van der Waals surface area contributed by atoms with Crippen LogP contribution in [0, 0.1) is 5.92 Å². The smallest absolute Gasteiger partial charge is 0.214 e. The fourth-order valence-electron chi connectivity index (χ4n) is 1.95. The molecule has 4 nitrogen and oxygen atoms in total. The van der Waals surface area contributed by atoms with Gasteiger partial charge in [0, 0.05) is 32.1 Å². The van der Waals surface area contributed by atoms with Crippen LogP contribution in [0.2, 0.25) is 0 Å². The molecule has 1 fully saturated rings. The highest BCUT2D eigenvalue weighted by atomic mass is 79.9. The van der Waals surface area contributed by atoms with Crippen LogP contribution in [0.5, 0.6) is 0 Å². The molecule has 96 valence electrons. The van der Waals surface area contributed by atoms with Crippen LogP contribution in [0.15, 0.2) is 0 Å². The van der Waals surface area contributed by atoms with E-state index in [0.717, 1.165) is 18.2 Å². The van der Waals surface area contributed by atoms with Crippen LogP contribution in [0.3, 0.4) is 0 Å². The second-order valence-corrected chi connectivity index (χ2v) is 7.03. The van der Waals surface area contributed by atoms with E-state index in [1.54, 1.807) is 11.4 Å². The molecule has 6 heteroatoms. The molecule has 0 N–H and O–H groups in total. The van der Waals surface area contributed by atoms with Crippen molar-refractivity contribution in [2.24, 2.45) is 5.92 Å². The lowest BCUT2D eigenvalue weighted by Crippen LogP contribution is -2.31. The van der Waals surface area contributed by atoms with Gasteiger partial charge < -0.3 is 4.74 Å². The van der Waals surface area contributed by atoms with Crippen LogP contribution >= 0.6 is 15.9 Å². The predicted molar refractivity (Wildman–Crippen MR) is 68.4 cm³/mol. The van der Waals surface area contributed by atoms with E-state index in [1.807, 2.05) is 0 Å². The molecule has 0 radical (unpaired) electrons. The highest BCUT2D eigenvalue weighted by Gasteiger charge is 2.30. The van der Waals surface area contributed by atoms with E-state index in [0.29, 0.717) is 32.0 Å². The third-order valence-electron chi connectivity index (χ3n) is 2.91. The summed E-state index contributed by atoms with van der Waals surface area (Å²) in [5, 5.41) is 0.954. The van der Waals surface area contributed by atoms with Gasteiger partial charge in [0.25, 0.3) is 0 Å². The minimum Gasteiger partial charge on any atom is -0.385 e. The van der Waals surface area contributed by atoms with Crippen molar-refractivity contribution in [1.82, 2.24) is 4.31 Å². The Balaban J connectivity index is 2.39. The Kier molecular flexibility index (Phi) is 6.25. The van der Waals surface area contributed by atoms with Crippen molar-refractivity contribution in [2.45, 2.75) is 19.3 Å². The molecule has 1 atom stereocenters. The molecule has 0 aliphatic carbocycles. The van der Waals surface area contributed by atoms with E-state index in [1.165, 1.54) is 0 Å². The second-order valence-electron chi connectivity index (χ2n) is 4.15. The molecule has 1 aliphatic heterocycles. The molecule has 1 heterocycles. The molecule has 0 aromatic heterocycles. The topological polar surface area (TPSA) is 46.6 Å². The first-order chi connectivity index (χ1) is 7.60. The minimum absolute atomic E-state index is 0.210. The predicted octanol–water partition coefficient (Wildman–Crippen LogP) is 1.46. The first-order valence-electron chi connectivity index (χ1n) is 5.63. The fourth-order valence-corrected chi connectivity index (χ4v) is 4.16. The summed E-state index contributed by atoms with van der Waals surface area (Å²) in [6, 6.07) is 0. The molecular formula is C10H20BrNO3S. The van der Waals surface area contributed by atoms with Crippen LogP contribution in [0.25, 0.3) is 0 Å². The standard InChI is InChI=1S/C10H20BrNO3S/c1-15-7-2-8-16(13,14)12-6-4-10(9-12)3-5-11/h10H,2-9H2,1H3. The molecule has 1 aliphatic rings. The van der Waals surface area contributed by atoms with Gasteiger partial charge in [0.15, 0.2) is 0 Å². The number of hydrogen-bond donors (Lipinski definition) is 0. The number of hydrogen-bond acceptors (Lipinski definition) is 3. The Morgan fingerprint density at radius 3 is 2.88 bits per heavy atom. The maximum atomic E-state index is 11.9. The van der Waals surface area contributed by atoms with Crippen LogP contribution < -0.4 is 0 Å². The SMILES string of the molecule is COCCCS(=O)(=O)N1CCC(CCBr)C1. The lowest BCUT2D eigenvalue weighted by Gasteiger charge is -2.16. The number of halogens is 1. The molecule has 1 saturated heterocycles. The summed E-state index contributed by atoms with van der Waals surface area (Å²) in [7, 11) is -1.45. The molecule has 0 aromatic carbocycles. The Morgan fingerprint density at radius 2 is 2.25 bits per heavy atom. The highest BCUT2D eigenvalue weighted by Crippen LogP contribution is 2.23. The Hall–Kier alpha value is 0.350. The lowest BCUT2D eigenvalue weighted by molar-refractivity contribution is 0.199. The number of methoxy groups -OCH3 is 1. The van der Waals surface area contributed by atoms with Gasteiger partial charge in [-0.25, -0.2) is 12.7 Å². The second kappa shape index (κ2) is 6.93. The van der Waals surface area contributed by atoms with Crippen molar-refractivity contribution in [3.05, 3.63) is 0 Å². The maximum Gasteiger partial charge on any atom is 0.214 e. The number of nitrogens with zero attached hydrogens (tertiary/aromatic N) is 1. The third kappa shape index (κ3) is 4.31. The lowest BCUT2D eigenvalue weighted by atomic mass is 10.1. The van der Waals surface area contributed by atoms with Crippen molar-refractivity contribution in [3.63, 3.8) is 0 Å². The summed E-state index contributed by atoms with van der Waals surface area (Å²) in [4.78, 5) is 0. The van der Waals surface area contributed by atoms with Crippen molar-refractivity contribution in [2.75, 3.05) is 37.9 Å². The van der Waals surface area contributed by atoms with E-state index in [9.17, 15) is 8.42 Å². The van der Waals surface area contributed by atoms with Gasteiger partial charge in [-0.05, 0) is 25.2 Å². The molecule has 0 saturated carbocycles. The molecule has 0 bridgehead atoms. The first kappa shape index (κ1) is 14.4. The van der Waals surface area contributed by atoms with Gasteiger partial charge in [-0.3, -0.25) is 0 Å². The van der Waals surface area contributed by atoms with Gasteiger partial charge in [0.05, 0.1) is 5.75 Å². The van der Waals surface area contributed by atoms with Crippen molar-refractivity contribution < 1.29 is 13.2 Å². The molecule has 1 unspecified atom stereocenters. The Labute approximate surface area is 107 Å². The molecule has 16 heavy (non-hydrogen) atoms. The number of ether oxygens (including phenoxy) is 1. The van der Waals surface area contributed by atoms with Crippen molar-refractivity contribution in [1.29, 1.82) is 0 Å². The van der Waals surface area contributed by atoms with E-state index >= 15 is 0 Å². The summed E-state index contributed by atoms with van der Waals surface area (Å²) >= 11 is 3.40. The van der Waals surface area contributed by atoms with E-state index < -0.39 is 10.0 Å². The van der Waals surface area contributed by atoms with E-state index in [2.05, 4.69) is 15.9 Å². The monoisotopic (exact) mass is 313 g/mol. The summed E-state index contributed by atoms with van der Waals surface area (Å²) in [6.07, 6.45) is 2.64. The van der Waals surface area contributed by atoms with Gasteiger partial charge in [0.2, 0.25) is 10.0 Å². The average molecular weight is 314 g/mol. The van der Waals surface area contributed by atoms with Gasteiger partial charge in [-0.2, -0.15) is 0 Å². The minimum atomic E-state index is -3.05. The highest BCUT2D eigenvalue weighted by molar-refractivity contribution is 9.09. The van der Waals surface area contributed by atoms with Crippen LogP contribution in [0.1, 0.15) is 19.3 Å². The zero-order valence-electron chi connectivity index (χ0n) is 9.69.